The summed E-state index contributed by atoms with van der Waals surface area (Å²) >= 11 is 6.30. The second-order valence-corrected chi connectivity index (χ2v) is 5.89. The smallest absolute Gasteiger partial charge is 0.146 e. The maximum absolute atomic E-state index is 6.30. The lowest BCUT2D eigenvalue weighted by molar-refractivity contribution is 0.288. The summed E-state index contributed by atoms with van der Waals surface area (Å²) in [6.45, 7) is 6.44. The van der Waals surface area contributed by atoms with Gasteiger partial charge in [-0.05, 0) is 24.6 Å². The highest BCUT2D eigenvalue weighted by Crippen LogP contribution is 2.27. The Balaban J connectivity index is 2.04. The molecule has 0 saturated heterocycles. The summed E-state index contributed by atoms with van der Waals surface area (Å²) < 4.78 is 7.84. The van der Waals surface area contributed by atoms with Crippen molar-refractivity contribution in [3.63, 3.8) is 0 Å². The first-order valence-corrected chi connectivity index (χ1v) is 7.53. The molecular weight excluding hydrogens is 286 g/mol. The number of aromatic nitrogens is 2. The molecule has 114 valence electrons. The minimum Gasteiger partial charge on any atom is -0.485 e. The van der Waals surface area contributed by atoms with Gasteiger partial charge >= 0.3 is 0 Å². The van der Waals surface area contributed by atoms with Crippen LogP contribution in [0.25, 0.3) is 0 Å². The van der Waals surface area contributed by atoms with Crippen molar-refractivity contribution >= 4 is 11.6 Å². The fourth-order valence-corrected chi connectivity index (χ4v) is 2.24. The predicted octanol–water partition coefficient (Wildman–Crippen LogP) is 3.40. The molecule has 0 spiro atoms. The van der Waals surface area contributed by atoms with E-state index in [2.05, 4.69) is 24.1 Å². The zero-order valence-corrected chi connectivity index (χ0v) is 13.5. The van der Waals surface area contributed by atoms with Crippen molar-refractivity contribution in [2.75, 3.05) is 6.54 Å². The molecule has 1 aromatic heterocycles. The molecule has 0 bridgehead atoms. The molecule has 0 amide bonds. The van der Waals surface area contributed by atoms with Gasteiger partial charge in [-0.3, -0.25) is 0 Å². The zero-order chi connectivity index (χ0) is 15.2. The normalized spacial score (nSPS) is 11.1. The number of hydrogen-bond acceptors (Lipinski definition) is 3. The van der Waals surface area contributed by atoms with Crippen LogP contribution >= 0.6 is 11.6 Å². The lowest BCUT2D eigenvalue weighted by Crippen LogP contribution is -2.19. The number of benzene rings is 1. The van der Waals surface area contributed by atoms with Gasteiger partial charge in [0.15, 0.2) is 0 Å². The van der Waals surface area contributed by atoms with Gasteiger partial charge in [0, 0.05) is 36.6 Å². The topological polar surface area (TPSA) is 39.1 Å². The molecule has 1 N–H and O–H groups in total. The Bertz CT molecular complexity index is 581. The quantitative estimate of drug-likeness (QED) is 0.852. The van der Waals surface area contributed by atoms with Crippen LogP contribution in [0.5, 0.6) is 5.75 Å². The fourth-order valence-electron chi connectivity index (χ4n) is 2.01. The Labute approximate surface area is 131 Å². The van der Waals surface area contributed by atoms with E-state index in [-0.39, 0.29) is 0 Å². The maximum Gasteiger partial charge on any atom is 0.146 e. The van der Waals surface area contributed by atoms with E-state index < -0.39 is 0 Å². The van der Waals surface area contributed by atoms with Crippen molar-refractivity contribution in [1.29, 1.82) is 0 Å². The fraction of sp³-hybridized carbons (Fsp3) is 0.438. The molecule has 0 aliphatic carbocycles. The van der Waals surface area contributed by atoms with Crippen LogP contribution in [0.15, 0.2) is 30.6 Å². The molecule has 1 aromatic carbocycles. The van der Waals surface area contributed by atoms with Gasteiger partial charge in [-0.15, -0.1) is 0 Å². The molecule has 2 aromatic rings. The molecule has 0 saturated carbocycles. The van der Waals surface area contributed by atoms with Crippen LogP contribution < -0.4 is 10.1 Å². The van der Waals surface area contributed by atoms with E-state index in [9.17, 15) is 0 Å². The van der Waals surface area contributed by atoms with Crippen molar-refractivity contribution in [3.8, 4) is 5.75 Å². The second-order valence-electron chi connectivity index (χ2n) is 5.48. The van der Waals surface area contributed by atoms with Crippen LogP contribution in [0.4, 0.5) is 0 Å². The molecule has 0 aliphatic heterocycles. The zero-order valence-electron chi connectivity index (χ0n) is 12.8. The Hall–Kier alpha value is -1.52. The van der Waals surface area contributed by atoms with Crippen molar-refractivity contribution in [2.45, 2.75) is 27.0 Å². The van der Waals surface area contributed by atoms with Gasteiger partial charge < -0.3 is 14.6 Å². The van der Waals surface area contributed by atoms with Gasteiger partial charge in [0.2, 0.25) is 0 Å². The third-order valence-electron chi connectivity index (χ3n) is 3.21. The summed E-state index contributed by atoms with van der Waals surface area (Å²) in [5.74, 6) is 2.29. The van der Waals surface area contributed by atoms with Gasteiger partial charge in [0.1, 0.15) is 18.2 Å². The van der Waals surface area contributed by atoms with Gasteiger partial charge in [0.25, 0.3) is 0 Å². The van der Waals surface area contributed by atoms with Crippen molar-refractivity contribution in [2.24, 2.45) is 13.0 Å². The van der Waals surface area contributed by atoms with E-state index in [1.54, 1.807) is 6.20 Å². The third kappa shape index (κ3) is 4.48. The molecule has 0 atom stereocenters. The number of hydrogen-bond donors (Lipinski definition) is 1. The summed E-state index contributed by atoms with van der Waals surface area (Å²) in [7, 11) is 1.95. The number of ether oxygens (including phenoxy) is 1. The molecule has 0 aliphatic rings. The van der Waals surface area contributed by atoms with Crippen LogP contribution in [-0.4, -0.2) is 16.1 Å². The third-order valence-corrected chi connectivity index (χ3v) is 3.56. The highest BCUT2D eigenvalue weighted by Gasteiger charge is 2.09. The second kappa shape index (κ2) is 7.48. The summed E-state index contributed by atoms with van der Waals surface area (Å²) in [5, 5.41) is 4.13. The molecule has 0 radical (unpaired) electrons. The van der Waals surface area contributed by atoms with Crippen molar-refractivity contribution in [1.82, 2.24) is 14.9 Å². The summed E-state index contributed by atoms with van der Waals surface area (Å²) in [6, 6.07) is 5.74. The number of aryl methyl sites for hydroxylation is 1. The molecule has 5 heteroatoms. The van der Waals surface area contributed by atoms with Crippen LogP contribution in [0.2, 0.25) is 5.02 Å². The van der Waals surface area contributed by atoms with E-state index in [1.165, 1.54) is 0 Å². The highest BCUT2D eigenvalue weighted by atomic mass is 35.5. The molecule has 21 heavy (non-hydrogen) atoms. The van der Waals surface area contributed by atoms with E-state index in [1.807, 2.05) is 36.0 Å². The van der Waals surface area contributed by atoms with Crippen LogP contribution in [0, 0.1) is 5.92 Å². The number of nitrogens with one attached hydrogen (secondary N) is 1. The lowest BCUT2D eigenvalue weighted by atomic mass is 10.1. The average Bonchev–Trinajstić information content (AvgIpc) is 2.84. The largest absolute Gasteiger partial charge is 0.485 e. The standard InChI is InChI=1S/C16H22ClN3O/c1-12(2)9-18-10-13-14(17)5-4-6-15(13)21-11-16-19-7-8-20(16)3/h4-8,12,18H,9-11H2,1-3H3. The number of nitrogens with zero attached hydrogens (tertiary/aromatic N) is 2. The van der Waals surface area contributed by atoms with E-state index in [4.69, 9.17) is 16.3 Å². The maximum atomic E-state index is 6.30. The van der Waals surface area contributed by atoms with Crippen LogP contribution in [-0.2, 0) is 20.2 Å². The number of rotatable bonds is 7. The minimum absolute atomic E-state index is 0.432. The Morgan fingerprint density at radius 3 is 2.86 bits per heavy atom. The lowest BCUT2D eigenvalue weighted by Gasteiger charge is -2.14. The Kier molecular flexibility index (Phi) is 5.65. The first kappa shape index (κ1) is 15.9. The van der Waals surface area contributed by atoms with Crippen molar-refractivity contribution < 1.29 is 4.74 Å². The van der Waals surface area contributed by atoms with Gasteiger partial charge in [-0.25, -0.2) is 4.98 Å². The molecule has 2 rings (SSSR count). The van der Waals surface area contributed by atoms with E-state index in [0.29, 0.717) is 19.1 Å². The number of imidazole rings is 1. The van der Waals surface area contributed by atoms with E-state index >= 15 is 0 Å². The molecule has 0 unspecified atom stereocenters. The van der Waals surface area contributed by atoms with Gasteiger partial charge in [0.05, 0.1) is 0 Å². The first-order valence-electron chi connectivity index (χ1n) is 7.15. The molecule has 1 heterocycles. The Morgan fingerprint density at radius 2 is 2.19 bits per heavy atom. The average molecular weight is 308 g/mol. The van der Waals surface area contributed by atoms with Crippen LogP contribution in [0.3, 0.4) is 0 Å². The van der Waals surface area contributed by atoms with Gasteiger partial charge in [-0.1, -0.05) is 31.5 Å². The molecular formula is C16H22ClN3O. The van der Waals surface area contributed by atoms with E-state index in [0.717, 1.165) is 28.7 Å². The Morgan fingerprint density at radius 1 is 1.38 bits per heavy atom. The first-order chi connectivity index (χ1) is 10.1. The number of halogens is 1. The molecule has 4 nitrogen and oxygen atoms in total. The highest BCUT2D eigenvalue weighted by molar-refractivity contribution is 6.31. The predicted molar refractivity (Wildman–Crippen MR) is 85.5 cm³/mol. The monoisotopic (exact) mass is 307 g/mol. The van der Waals surface area contributed by atoms with Crippen molar-refractivity contribution in [3.05, 3.63) is 47.0 Å². The minimum atomic E-state index is 0.432. The summed E-state index contributed by atoms with van der Waals surface area (Å²) in [5.41, 5.74) is 0.994. The summed E-state index contributed by atoms with van der Waals surface area (Å²) in [4.78, 5) is 4.26. The molecule has 0 fully saturated rings. The van der Waals surface area contributed by atoms with Crippen LogP contribution in [0.1, 0.15) is 25.2 Å². The SMILES string of the molecule is CC(C)CNCc1c(Cl)cccc1OCc1nccn1C. The summed E-state index contributed by atoms with van der Waals surface area (Å²) in [6.07, 6.45) is 3.67. The van der Waals surface area contributed by atoms with Gasteiger partial charge in [-0.2, -0.15) is 0 Å².